The Morgan fingerprint density at radius 1 is 1.19 bits per heavy atom. The van der Waals surface area contributed by atoms with Crippen molar-refractivity contribution in [3.05, 3.63) is 34.2 Å². The summed E-state index contributed by atoms with van der Waals surface area (Å²) in [7, 11) is 0. The van der Waals surface area contributed by atoms with Crippen LogP contribution in [0.1, 0.15) is 22.9 Å². The van der Waals surface area contributed by atoms with Crippen molar-refractivity contribution in [1.82, 2.24) is 4.98 Å². The van der Waals surface area contributed by atoms with Crippen LogP contribution in [-0.4, -0.2) is 4.98 Å². The first kappa shape index (κ1) is 11.1. The van der Waals surface area contributed by atoms with Crippen molar-refractivity contribution in [2.45, 2.75) is 27.2 Å². The Morgan fingerprint density at radius 3 is 2.38 bits per heavy atom. The number of hydrogen-bond acceptors (Lipinski definition) is 3. The van der Waals surface area contributed by atoms with E-state index in [0.29, 0.717) is 5.13 Å². The van der Waals surface area contributed by atoms with E-state index in [-0.39, 0.29) is 0 Å². The Balaban J connectivity index is 2.57. The van der Waals surface area contributed by atoms with Gasteiger partial charge in [-0.15, -0.1) is 11.3 Å². The summed E-state index contributed by atoms with van der Waals surface area (Å²) in [6.07, 6.45) is 0.983. The number of nitrogen functional groups attached to an aromatic ring is 1. The van der Waals surface area contributed by atoms with E-state index in [1.165, 1.54) is 21.6 Å². The molecular formula is C13H16N2S. The van der Waals surface area contributed by atoms with Crippen molar-refractivity contribution in [3.63, 3.8) is 0 Å². The number of rotatable bonds is 2. The highest BCUT2D eigenvalue weighted by molar-refractivity contribution is 7.15. The van der Waals surface area contributed by atoms with Gasteiger partial charge in [0.25, 0.3) is 0 Å². The largest absolute Gasteiger partial charge is 0.375 e. The van der Waals surface area contributed by atoms with Crippen molar-refractivity contribution in [2.24, 2.45) is 0 Å². The van der Waals surface area contributed by atoms with Gasteiger partial charge in [0.2, 0.25) is 0 Å². The average Bonchev–Trinajstić information content (AvgIpc) is 2.58. The van der Waals surface area contributed by atoms with Gasteiger partial charge in [0.05, 0.1) is 5.69 Å². The first-order valence-electron chi connectivity index (χ1n) is 5.44. The lowest BCUT2D eigenvalue weighted by Crippen LogP contribution is -1.87. The number of nitrogens with zero attached hydrogens (tertiary/aromatic N) is 1. The number of aromatic nitrogens is 1. The minimum atomic E-state index is 0.658. The second-order valence-electron chi connectivity index (χ2n) is 4.05. The molecule has 0 fully saturated rings. The van der Waals surface area contributed by atoms with Gasteiger partial charge in [0, 0.05) is 10.4 Å². The van der Waals surface area contributed by atoms with Gasteiger partial charge in [-0.25, -0.2) is 4.98 Å². The molecule has 16 heavy (non-hydrogen) atoms. The van der Waals surface area contributed by atoms with E-state index in [0.717, 1.165) is 12.1 Å². The molecule has 0 spiro atoms. The van der Waals surface area contributed by atoms with Gasteiger partial charge in [-0.1, -0.05) is 24.1 Å². The Kier molecular flexibility index (Phi) is 2.97. The molecule has 3 heteroatoms. The first-order valence-corrected chi connectivity index (χ1v) is 6.25. The number of aryl methyl sites for hydroxylation is 3. The van der Waals surface area contributed by atoms with Crippen LogP contribution in [0.25, 0.3) is 11.3 Å². The summed E-state index contributed by atoms with van der Waals surface area (Å²) in [4.78, 5) is 5.70. The lowest BCUT2D eigenvalue weighted by molar-refractivity contribution is 1.17. The molecule has 0 saturated heterocycles. The Bertz CT molecular complexity index is 494. The van der Waals surface area contributed by atoms with Gasteiger partial charge in [-0.2, -0.15) is 0 Å². The van der Waals surface area contributed by atoms with Crippen molar-refractivity contribution < 1.29 is 0 Å². The molecule has 1 heterocycles. The van der Waals surface area contributed by atoms with Gasteiger partial charge in [0.15, 0.2) is 5.13 Å². The van der Waals surface area contributed by atoms with Crippen LogP contribution in [0.3, 0.4) is 0 Å². The quantitative estimate of drug-likeness (QED) is 0.859. The third-order valence-electron chi connectivity index (χ3n) is 2.53. The van der Waals surface area contributed by atoms with Gasteiger partial charge in [0.1, 0.15) is 0 Å². The Labute approximate surface area is 100 Å². The third-order valence-corrected chi connectivity index (χ3v) is 3.56. The summed E-state index contributed by atoms with van der Waals surface area (Å²) in [5.41, 5.74) is 10.5. The third kappa shape index (κ3) is 2.09. The van der Waals surface area contributed by atoms with Crippen LogP contribution in [0.4, 0.5) is 5.13 Å². The monoisotopic (exact) mass is 232 g/mol. The lowest BCUT2D eigenvalue weighted by Gasteiger charge is -2.04. The van der Waals surface area contributed by atoms with Gasteiger partial charge in [-0.3, -0.25) is 0 Å². The van der Waals surface area contributed by atoms with E-state index in [1.54, 1.807) is 11.3 Å². The number of anilines is 1. The summed E-state index contributed by atoms with van der Waals surface area (Å²) in [6.45, 7) is 6.36. The van der Waals surface area contributed by atoms with E-state index >= 15 is 0 Å². The summed E-state index contributed by atoms with van der Waals surface area (Å²) in [6, 6.07) is 6.51. The Hall–Kier alpha value is -1.35. The molecule has 2 N–H and O–H groups in total. The zero-order valence-corrected chi connectivity index (χ0v) is 10.7. The molecule has 0 aliphatic rings. The molecule has 0 aliphatic carbocycles. The summed E-state index contributed by atoms with van der Waals surface area (Å²) < 4.78 is 0. The van der Waals surface area contributed by atoms with Crippen LogP contribution < -0.4 is 5.73 Å². The SMILES string of the molecule is CCc1sc(N)nc1-c1cc(C)cc(C)c1. The molecule has 2 nitrogen and oxygen atoms in total. The minimum absolute atomic E-state index is 0.658. The van der Waals surface area contributed by atoms with Gasteiger partial charge in [-0.05, 0) is 32.4 Å². The molecule has 0 saturated carbocycles. The molecule has 0 atom stereocenters. The highest BCUT2D eigenvalue weighted by Gasteiger charge is 2.10. The minimum Gasteiger partial charge on any atom is -0.375 e. The fraction of sp³-hybridized carbons (Fsp3) is 0.308. The van der Waals surface area contributed by atoms with Crippen molar-refractivity contribution in [3.8, 4) is 11.3 Å². The molecular weight excluding hydrogens is 216 g/mol. The molecule has 0 aliphatic heterocycles. The molecule has 0 radical (unpaired) electrons. The van der Waals surface area contributed by atoms with Crippen molar-refractivity contribution in [2.75, 3.05) is 5.73 Å². The van der Waals surface area contributed by atoms with Gasteiger partial charge >= 0.3 is 0 Å². The van der Waals surface area contributed by atoms with Gasteiger partial charge < -0.3 is 5.73 Å². The number of nitrogens with two attached hydrogens (primary N) is 1. The fourth-order valence-corrected chi connectivity index (χ4v) is 2.74. The van der Waals surface area contributed by atoms with Crippen LogP contribution in [0, 0.1) is 13.8 Å². The topological polar surface area (TPSA) is 38.9 Å². The maximum Gasteiger partial charge on any atom is 0.180 e. The fourth-order valence-electron chi connectivity index (χ4n) is 1.95. The van der Waals surface area contributed by atoms with Crippen LogP contribution in [0.15, 0.2) is 18.2 Å². The smallest absolute Gasteiger partial charge is 0.180 e. The highest BCUT2D eigenvalue weighted by atomic mass is 32.1. The van der Waals surface area contributed by atoms with E-state index in [2.05, 4.69) is 44.0 Å². The number of thiazole rings is 1. The normalized spacial score (nSPS) is 10.7. The van der Waals surface area contributed by atoms with Crippen LogP contribution in [0.2, 0.25) is 0 Å². The molecule has 0 unspecified atom stereocenters. The standard InChI is InChI=1S/C13H16N2S/c1-4-11-12(15-13(14)16-11)10-6-8(2)5-9(3)7-10/h5-7H,4H2,1-3H3,(H2,14,15). The van der Waals surface area contributed by atoms with Crippen LogP contribution >= 0.6 is 11.3 Å². The Morgan fingerprint density at radius 2 is 1.81 bits per heavy atom. The summed E-state index contributed by atoms with van der Waals surface area (Å²) >= 11 is 1.59. The second kappa shape index (κ2) is 4.26. The first-order chi connectivity index (χ1) is 7.60. The van der Waals surface area contributed by atoms with Crippen LogP contribution in [-0.2, 0) is 6.42 Å². The van der Waals surface area contributed by atoms with E-state index < -0.39 is 0 Å². The number of hydrogen-bond donors (Lipinski definition) is 1. The predicted octanol–water partition coefficient (Wildman–Crippen LogP) is 3.57. The molecule has 1 aromatic heterocycles. The molecule has 2 rings (SSSR count). The maximum absolute atomic E-state index is 5.78. The lowest BCUT2D eigenvalue weighted by atomic mass is 10.0. The highest BCUT2D eigenvalue weighted by Crippen LogP contribution is 2.31. The predicted molar refractivity (Wildman–Crippen MR) is 70.8 cm³/mol. The number of benzene rings is 1. The van der Waals surface area contributed by atoms with E-state index in [9.17, 15) is 0 Å². The molecule has 0 bridgehead atoms. The molecule has 84 valence electrons. The van der Waals surface area contributed by atoms with Crippen molar-refractivity contribution >= 4 is 16.5 Å². The van der Waals surface area contributed by atoms with E-state index in [4.69, 9.17) is 5.73 Å². The van der Waals surface area contributed by atoms with Crippen LogP contribution in [0.5, 0.6) is 0 Å². The maximum atomic E-state index is 5.78. The zero-order valence-electron chi connectivity index (χ0n) is 9.87. The average molecular weight is 232 g/mol. The van der Waals surface area contributed by atoms with Crippen molar-refractivity contribution in [1.29, 1.82) is 0 Å². The summed E-state index contributed by atoms with van der Waals surface area (Å²) in [5.74, 6) is 0. The molecule has 1 aromatic carbocycles. The second-order valence-corrected chi connectivity index (χ2v) is 5.17. The zero-order chi connectivity index (χ0) is 11.7. The molecule has 2 aromatic rings. The molecule has 0 amide bonds. The van der Waals surface area contributed by atoms with E-state index in [1.807, 2.05) is 0 Å². The summed E-state index contributed by atoms with van der Waals surface area (Å²) in [5, 5.41) is 0.658.